The molecule has 1 aliphatic rings. The van der Waals surface area contributed by atoms with E-state index in [0.717, 1.165) is 17.5 Å². The number of nitrogens with zero attached hydrogens (tertiary/aromatic N) is 1. The molecule has 2 aromatic rings. The second-order valence-corrected chi connectivity index (χ2v) is 7.83. The Balaban J connectivity index is 1.65. The first-order valence-corrected chi connectivity index (χ1v) is 9.84. The third-order valence-corrected chi connectivity index (χ3v) is 5.40. The molecule has 3 rings (SSSR count). The summed E-state index contributed by atoms with van der Waals surface area (Å²) in [5, 5.41) is 8.89. The van der Waals surface area contributed by atoms with Gasteiger partial charge in [0, 0.05) is 0 Å². The molecule has 26 heavy (non-hydrogen) atoms. The number of hydrogen-bond donors (Lipinski definition) is 1. The second-order valence-electron chi connectivity index (χ2n) is 6.11. The fraction of sp³-hybridized carbons (Fsp3) is 0.263. The highest BCUT2D eigenvalue weighted by atomic mass is 32.2. The van der Waals surface area contributed by atoms with Crippen LogP contribution in [-0.2, 0) is 31.7 Å². The summed E-state index contributed by atoms with van der Waals surface area (Å²) in [4.78, 5) is 12.2. The molecule has 0 fully saturated rings. The maximum atomic E-state index is 12.2. The number of amides is 1. The number of ether oxygens (including phenoxy) is 1. The van der Waals surface area contributed by atoms with Gasteiger partial charge < -0.3 is 4.74 Å². The zero-order valence-electron chi connectivity index (χ0n) is 14.0. The summed E-state index contributed by atoms with van der Waals surface area (Å²) in [5.74, 6) is -0.973. The maximum Gasteiger partial charge on any atom is 0.239 e. The molecule has 134 valence electrons. The minimum Gasteiger partial charge on any atom is -0.373 e. The number of hydrogen-bond acceptors (Lipinski definition) is 5. The molecule has 0 radical (unpaired) electrons. The molecule has 0 spiro atoms. The van der Waals surface area contributed by atoms with Gasteiger partial charge in [0.25, 0.3) is 0 Å². The van der Waals surface area contributed by atoms with Crippen molar-refractivity contribution in [1.29, 1.82) is 5.26 Å². The molecule has 2 aromatic carbocycles. The number of fused-ring (bicyclic) bond motifs is 1. The molecule has 1 atom stereocenters. The molecule has 0 aromatic heterocycles. The standard InChI is InChI=1S/C19H18N2O4S/c20-12-14-4-3-5-15(10-14)13-26(23,24)21-19(22)11-18-17-7-2-1-6-16(17)8-9-25-18/h1-7,10,18H,8-9,11,13H2,(H,21,22)/t18-/m0/s1. The molecule has 1 heterocycles. The lowest BCUT2D eigenvalue weighted by Crippen LogP contribution is -2.33. The monoisotopic (exact) mass is 370 g/mol. The number of nitriles is 1. The Labute approximate surface area is 152 Å². The Morgan fingerprint density at radius 2 is 2.04 bits per heavy atom. The van der Waals surface area contributed by atoms with E-state index in [1.807, 2.05) is 30.3 Å². The van der Waals surface area contributed by atoms with Crippen molar-refractivity contribution in [2.24, 2.45) is 0 Å². The van der Waals surface area contributed by atoms with Crippen LogP contribution < -0.4 is 4.72 Å². The van der Waals surface area contributed by atoms with Crippen LogP contribution in [0.25, 0.3) is 0 Å². The highest BCUT2D eigenvalue weighted by Gasteiger charge is 2.25. The molecular weight excluding hydrogens is 352 g/mol. The Morgan fingerprint density at radius 1 is 1.23 bits per heavy atom. The molecule has 0 saturated carbocycles. The van der Waals surface area contributed by atoms with E-state index in [1.54, 1.807) is 18.2 Å². The van der Waals surface area contributed by atoms with Crippen LogP contribution in [0.2, 0.25) is 0 Å². The summed E-state index contributed by atoms with van der Waals surface area (Å²) in [6.07, 6.45) is 0.271. The van der Waals surface area contributed by atoms with Crippen LogP contribution in [0.15, 0.2) is 48.5 Å². The van der Waals surface area contributed by atoms with Crippen molar-refractivity contribution in [2.45, 2.75) is 24.7 Å². The fourth-order valence-electron chi connectivity index (χ4n) is 3.02. The Morgan fingerprint density at radius 3 is 2.85 bits per heavy atom. The van der Waals surface area contributed by atoms with Crippen LogP contribution >= 0.6 is 0 Å². The first-order valence-electron chi connectivity index (χ1n) is 8.18. The minimum absolute atomic E-state index is 0.0610. The average Bonchev–Trinajstić information content (AvgIpc) is 2.61. The van der Waals surface area contributed by atoms with Crippen molar-refractivity contribution < 1.29 is 17.9 Å². The minimum atomic E-state index is -3.85. The Kier molecular flexibility index (Phi) is 5.35. The van der Waals surface area contributed by atoms with Gasteiger partial charge in [-0.05, 0) is 35.2 Å². The molecule has 0 aliphatic carbocycles. The smallest absolute Gasteiger partial charge is 0.239 e. The molecule has 7 heteroatoms. The van der Waals surface area contributed by atoms with Crippen LogP contribution in [0.3, 0.4) is 0 Å². The van der Waals surface area contributed by atoms with E-state index in [4.69, 9.17) is 10.00 Å². The average molecular weight is 370 g/mol. The first-order chi connectivity index (χ1) is 12.5. The summed E-state index contributed by atoms with van der Waals surface area (Å²) in [6, 6.07) is 15.9. The van der Waals surface area contributed by atoms with E-state index in [0.29, 0.717) is 17.7 Å². The Bertz CT molecular complexity index is 963. The summed E-state index contributed by atoms with van der Waals surface area (Å²) in [6.45, 7) is 0.503. The normalized spacial score (nSPS) is 16.3. The predicted molar refractivity (Wildman–Crippen MR) is 95.4 cm³/mol. The summed E-state index contributed by atoms with van der Waals surface area (Å²) >= 11 is 0. The van der Waals surface area contributed by atoms with Crippen molar-refractivity contribution in [2.75, 3.05) is 6.61 Å². The lowest BCUT2D eigenvalue weighted by atomic mass is 9.96. The molecular formula is C19H18N2O4S. The van der Waals surface area contributed by atoms with Crippen LogP contribution in [0, 0.1) is 11.3 Å². The van der Waals surface area contributed by atoms with Gasteiger partial charge in [0.1, 0.15) is 0 Å². The Hall–Kier alpha value is -2.69. The van der Waals surface area contributed by atoms with Crippen molar-refractivity contribution in [3.05, 3.63) is 70.8 Å². The quantitative estimate of drug-likeness (QED) is 0.870. The van der Waals surface area contributed by atoms with E-state index in [9.17, 15) is 13.2 Å². The fourth-order valence-corrected chi connectivity index (χ4v) is 4.14. The molecule has 1 N–H and O–H groups in total. The number of carbonyl (C=O) groups excluding carboxylic acids is 1. The van der Waals surface area contributed by atoms with Crippen LogP contribution in [0.1, 0.15) is 34.8 Å². The van der Waals surface area contributed by atoms with Crippen LogP contribution in [0.4, 0.5) is 0 Å². The summed E-state index contributed by atoms with van der Waals surface area (Å²) < 4.78 is 32.2. The summed E-state index contributed by atoms with van der Waals surface area (Å²) in [5.41, 5.74) is 2.86. The van der Waals surface area contributed by atoms with Gasteiger partial charge in [-0.3, -0.25) is 9.52 Å². The molecule has 0 bridgehead atoms. The number of carbonyl (C=O) groups is 1. The zero-order valence-corrected chi connectivity index (χ0v) is 14.8. The van der Waals surface area contributed by atoms with E-state index in [2.05, 4.69) is 4.72 Å². The van der Waals surface area contributed by atoms with Gasteiger partial charge in [0.2, 0.25) is 15.9 Å². The van der Waals surface area contributed by atoms with Crippen molar-refractivity contribution >= 4 is 15.9 Å². The molecule has 1 aliphatic heterocycles. The molecule has 0 saturated heterocycles. The number of nitrogens with one attached hydrogen (secondary N) is 1. The van der Waals surface area contributed by atoms with E-state index in [-0.39, 0.29) is 12.2 Å². The molecule has 0 unspecified atom stereocenters. The maximum absolute atomic E-state index is 12.2. The van der Waals surface area contributed by atoms with Crippen LogP contribution in [-0.4, -0.2) is 20.9 Å². The molecule has 6 nitrogen and oxygen atoms in total. The van der Waals surface area contributed by atoms with Crippen molar-refractivity contribution in [1.82, 2.24) is 4.72 Å². The first kappa shape index (κ1) is 18.1. The molecule has 1 amide bonds. The van der Waals surface area contributed by atoms with Crippen molar-refractivity contribution in [3.8, 4) is 6.07 Å². The van der Waals surface area contributed by atoms with Gasteiger partial charge in [-0.2, -0.15) is 5.26 Å². The second kappa shape index (κ2) is 7.68. The van der Waals surface area contributed by atoms with Crippen molar-refractivity contribution in [3.63, 3.8) is 0 Å². The largest absolute Gasteiger partial charge is 0.373 e. The van der Waals surface area contributed by atoms with Gasteiger partial charge >= 0.3 is 0 Å². The number of sulfonamides is 1. The highest BCUT2D eigenvalue weighted by Crippen LogP contribution is 2.29. The van der Waals surface area contributed by atoms with E-state index >= 15 is 0 Å². The van der Waals surface area contributed by atoms with Gasteiger partial charge in [-0.25, -0.2) is 8.42 Å². The highest BCUT2D eigenvalue weighted by molar-refractivity contribution is 7.89. The SMILES string of the molecule is N#Cc1cccc(CS(=O)(=O)NC(=O)C[C@@H]2OCCc3ccccc32)c1. The van der Waals surface area contributed by atoms with E-state index in [1.165, 1.54) is 6.07 Å². The summed E-state index contributed by atoms with van der Waals surface area (Å²) in [7, 11) is -3.85. The van der Waals surface area contributed by atoms with Gasteiger partial charge in [0.15, 0.2) is 0 Å². The zero-order chi connectivity index (χ0) is 18.6. The predicted octanol–water partition coefficient (Wildman–Crippen LogP) is 2.21. The van der Waals surface area contributed by atoms with E-state index < -0.39 is 22.0 Å². The number of rotatable bonds is 5. The third-order valence-electron chi connectivity index (χ3n) is 4.15. The van der Waals surface area contributed by atoms with Gasteiger partial charge in [0.05, 0.1) is 36.5 Å². The number of benzene rings is 2. The van der Waals surface area contributed by atoms with Gasteiger partial charge in [-0.15, -0.1) is 0 Å². The lowest BCUT2D eigenvalue weighted by molar-refractivity contribution is -0.122. The third kappa shape index (κ3) is 4.48. The van der Waals surface area contributed by atoms with Crippen LogP contribution in [0.5, 0.6) is 0 Å². The lowest BCUT2D eigenvalue weighted by Gasteiger charge is -2.25. The van der Waals surface area contributed by atoms with Gasteiger partial charge in [-0.1, -0.05) is 36.4 Å². The topological polar surface area (TPSA) is 96.3 Å².